The van der Waals surface area contributed by atoms with Crippen molar-refractivity contribution in [2.45, 2.75) is 12.8 Å². The standard InChI is InChI=1S/C15H15NO6/c17-12-6-5-8(7-11(12)15(21)22)16-13(18)9-3-1-2-4-10(9)14(19)20/h1-2,5-7,9-10,17H,3-4H2,(H,16,18)(H,19,20)(H,21,22). The summed E-state index contributed by atoms with van der Waals surface area (Å²) in [4.78, 5) is 34.4. The summed E-state index contributed by atoms with van der Waals surface area (Å²) in [6.07, 6.45) is 4.07. The highest BCUT2D eigenvalue weighted by Gasteiger charge is 2.34. The van der Waals surface area contributed by atoms with E-state index in [0.29, 0.717) is 6.42 Å². The zero-order valence-corrected chi connectivity index (χ0v) is 11.5. The van der Waals surface area contributed by atoms with E-state index in [1.54, 1.807) is 12.2 Å². The molecule has 0 aliphatic heterocycles. The van der Waals surface area contributed by atoms with E-state index in [2.05, 4.69) is 5.32 Å². The lowest BCUT2D eigenvalue weighted by molar-refractivity contribution is -0.146. The van der Waals surface area contributed by atoms with Gasteiger partial charge in [0.25, 0.3) is 0 Å². The SMILES string of the molecule is O=C(O)c1cc(NC(=O)C2CC=CCC2C(=O)O)ccc1O. The van der Waals surface area contributed by atoms with E-state index >= 15 is 0 Å². The number of aromatic hydroxyl groups is 1. The number of amides is 1. The number of hydrogen-bond acceptors (Lipinski definition) is 4. The summed E-state index contributed by atoms with van der Waals surface area (Å²) in [5.74, 6) is -4.78. The molecule has 1 aromatic rings. The fraction of sp³-hybridized carbons (Fsp3) is 0.267. The van der Waals surface area contributed by atoms with Crippen LogP contribution in [0.3, 0.4) is 0 Å². The topological polar surface area (TPSA) is 124 Å². The molecule has 1 aromatic carbocycles. The molecular weight excluding hydrogens is 290 g/mol. The second-order valence-corrected chi connectivity index (χ2v) is 5.02. The van der Waals surface area contributed by atoms with Crippen LogP contribution in [0.15, 0.2) is 30.4 Å². The molecule has 0 saturated carbocycles. The largest absolute Gasteiger partial charge is 0.507 e. The minimum Gasteiger partial charge on any atom is -0.507 e. The van der Waals surface area contributed by atoms with Crippen molar-refractivity contribution in [1.29, 1.82) is 0 Å². The molecule has 4 N–H and O–H groups in total. The maximum atomic E-state index is 12.2. The van der Waals surface area contributed by atoms with Crippen LogP contribution < -0.4 is 5.32 Å². The van der Waals surface area contributed by atoms with Crippen molar-refractivity contribution in [3.8, 4) is 5.75 Å². The summed E-state index contributed by atoms with van der Waals surface area (Å²) < 4.78 is 0. The summed E-state index contributed by atoms with van der Waals surface area (Å²) >= 11 is 0. The quantitative estimate of drug-likeness (QED) is 0.496. The van der Waals surface area contributed by atoms with Gasteiger partial charge in [0.05, 0.1) is 11.8 Å². The van der Waals surface area contributed by atoms with E-state index < -0.39 is 35.4 Å². The lowest BCUT2D eigenvalue weighted by atomic mass is 9.82. The molecule has 0 heterocycles. The van der Waals surface area contributed by atoms with Crippen molar-refractivity contribution in [2.75, 3.05) is 5.32 Å². The molecule has 1 aliphatic carbocycles. The smallest absolute Gasteiger partial charge is 0.339 e. The molecule has 7 nitrogen and oxygen atoms in total. The zero-order chi connectivity index (χ0) is 16.3. The molecule has 7 heteroatoms. The molecule has 116 valence electrons. The molecule has 2 atom stereocenters. The molecule has 0 aromatic heterocycles. The van der Waals surface area contributed by atoms with Crippen LogP contribution in [0.25, 0.3) is 0 Å². The van der Waals surface area contributed by atoms with E-state index in [1.807, 2.05) is 0 Å². The van der Waals surface area contributed by atoms with E-state index in [1.165, 1.54) is 6.07 Å². The molecule has 22 heavy (non-hydrogen) atoms. The third-order valence-corrected chi connectivity index (χ3v) is 3.58. The number of aromatic carboxylic acids is 1. The summed E-state index contributed by atoms with van der Waals surface area (Å²) in [5.41, 5.74) is -0.144. The maximum absolute atomic E-state index is 12.2. The number of carbonyl (C=O) groups excluding carboxylic acids is 1. The molecule has 1 amide bonds. The monoisotopic (exact) mass is 305 g/mol. The molecular formula is C15H15NO6. The third kappa shape index (κ3) is 3.25. The Morgan fingerprint density at radius 3 is 2.27 bits per heavy atom. The van der Waals surface area contributed by atoms with Gasteiger partial charge in [0.2, 0.25) is 5.91 Å². The fourth-order valence-corrected chi connectivity index (χ4v) is 2.40. The van der Waals surface area contributed by atoms with Crippen molar-refractivity contribution in [2.24, 2.45) is 11.8 Å². The molecule has 0 spiro atoms. The van der Waals surface area contributed by atoms with Crippen molar-refractivity contribution in [3.05, 3.63) is 35.9 Å². The lowest BCUT2D eigenvalue weighted by Gasteiger charge is -2.24. The number of anilines is 1. The number of aliphatic carboxylic acids is 1. The number of carboxylic acids is 2. The van der Waals surface area contributed by atoms with Crippen LogP contribution in [0.4, 0.5) is 5.69 Å². The summed E-state index contributed by atoms with van der Waals surface area (Å²) in [6, 6.07) is 3.65. The molecule has 0 radical (unpaired) electrons. The number of allylic oxidation sites excluding steroid dienone is 2. The third-order valence-electron chi connectivity index (χ3n) is 3.58. The first-order chi connectivity index (χ1) is 10.4. The van der Waals surface area contributed by atoms with Gasteiger partial charge in [-0.3, -0.25) is 9.59 Å². The van der Waals surface area contributed by atoms with Crippen molar-refractivity contribution >= 4 is 23.5 Å². The molecule has 0 bridgehead atoms. The van der Waals surface area contributed by atoms with Crippen LogP contribution >= 0.6 is 0 Å². The lowest BCUT2D eigenvalue weighted by Crippen LogP contribution is -2.34. The van der Waals surface area contributed by atoms with Gasteiger partial charge in [-0.2, -0.15) is 0 Å². The van der Waals surface area contributed by atoms with Gasteiger partial charge in [0.15, 0.2) is 0 Å². The Kier molecular flexibility index (Phi) is 4.45. The van der Waals surface area contributed by atoms with Gasteiger partial charge in [-0.05, 0) is 31.0 Å². The van der Waals surface area contributed by atoms with Crippen LogP contribution in [-0.4, -0.2) is 33.2 Å². The minimum atomic E-state index is -1.32. The highest BCUT2D eigenvalue weighted by molar-refractivity contribution is 5.97. The van der Waals surface area contributed by atoms with Crippen LogP contribution in [0.1, 0.15) is 23.2 Å². The van der Waals surface area contributed by atoms with Crippen LogP contribution in [0.2, 0.25) is 0 Å². The average molecular weight is 305 g/mol. The Hall–Kier alpha value is -2.83. The Labute approximate surface area is 125 Å². The van der Waals surface area contributed by atoms with Gasteiger partial charge in [-0.1, -0.05) is 12.2 Å². The highest BCUT2D eigenvalue weighted by atomic mass is 16.4. The fourth-order valence-electron chi connectivity index (χ4n) is 2.40. The number of carboxylic acid groups (broad SMARTS) is 2. The first kappa shape index (κ1) is 15.6. The van der Waals surface area contributed by atoms with Gasteiger partial charge < -0.3 is 20.6 Å². The van der Waals surface area contributed by atoms with Crippen molar-refractivity contribution in [3.63, 3.8) is 0 Å². The Bertz CT molecular complexity index is 651. The van der Waals surface area contributed by atoms with E-state index in [0.717, 1.165) is 12.1 Å². The first-order valence-electron chi connectivity index (χ1n) is 6.65. The van der Waals surface area contributed by atoms with Crippen LogP contribution in [-0.2, 0) is 9.59 Å². The van der Waals surface area contributed by atoms with Crippen molar-refractivity contribution in [1.82, 2.24) is 0 Å². The highest BCUT2D eigenvalue weighted by Crippen LogP contribution is 2.28. The molecule has 2 rings (SSSR count). The maximum Gasteiger partial charge on any atom is 0.339 e. The Balaban J connectivity index is 2.18. The summed E-state index contributed by atoms with van der Waals surface area (Å²) in [7, 11) is 0. The average Bonchev–Trinajstić information content (AvgIpc) is 2.48. The number of phenols is 1. The zero-order valence-electron chi connectivity index (χ0n) is 11.5. The molecule has 0 fully saturated rings. The van der Waals surface area contributed by atoms with E-state index in [9.17, 15) is 19.5 Å². The van der Waals surface area contributed by atoms with Crippen molar-refractivity contribution < 1.29 is 29.7 Å². The first-order valence-corrected chi connectivity index (χ1v) is 6.65. The number of carbonyl (C=O) groups is 3. The number of benzene rings is 1. The van der Waals surface area contributed by atoms with Gasteiger partial charge in [-0.25, -0.2) is 4.79 Å². The second kappa shape index (κ2) is 6.30. The number of nitrogens with one attached hydrogen (secondary N) is 1. The van der Waals surface area contributed by atoms with Gasteiger partial charge in [0.1, 0.15) is 11.3 Å². The van der Waals surface area contributed by atoms with E-state index in [-0.39, 0.29) is 17.7 Å². The molecule has 1 aliphatic rings. The Morgan fingerprint density at radius 2 is 1.68 bits per heavy atom. The molecule has 0 saturated heterocycles. The number of rotatable bonds is 4. The number of hydrogen-bond donors (Lipinski definition) is 4. The predicted molar refractivity (Wildman–Crippen MR) is 76.7 cm³/mol. The predicted octanol–water partition coefficient (Wildman–Crippen LogP) is 1.70. The minimum absolute atomic E-state index is 0.193. The van der Waals surface area contributed by atoms with Gasteiger partial charge in [0, 0.05) is 5.69 Å². The second-order valence-electron chi connectivity index (χ2n) is 5.02. The Morgan fingerprint density at radius 1 is 1.05 bits per heavy atom. The molecule has 2 unspecified atom stereocenters. The van der Waals surface area contributed by atoms with Gasteiger partial charge in [-0.15, -0.1) is 0 Å². The normalized spacial score (nSPS) is 20.4. The van der Waals surface area contributed by atoms with Crippen LogP contribution in [0, 0.1) is 11.8 Å². The van der Waals surface area contributed by atoms with E-state index in [4.69, 9.17) is 10.2 Å². The summed E-state index contributed by atoms with van der Waals surface area (Å²) in [5, 5.41) is 30.0. The van der Waals surface area contributed by atoms with Crippen LogP contribution in [0.5, 0.6) is 5.75 Å². The van der Waals surface area contributed by atoms with Gasteiger partial charge >= 0.3 is 11.9 Å². The summed E-state index contributed by atoms with van der Waals surface area (Å²) in [6.45, 7) is 0.